The first kappa shape index (κ1) is 20.1. The fourth-order valence-electron chi connectivity index (χ4n) is 3.36. The van der Waals surface area contributed by atoms with Gasteiger partial charge in [0, 0.05) is 17.6 Å². The summed E-state index contributed by atoms with van der Waals surface area (Å²) in [6.45, 7) is 1.49. The second-order valence-electron chi connectivity index (χ2n) is 7.20. The maximum Gasteiger partial charge on any atom is 0.202 e. The molecule has 4 rings (SSSR count). The summed E-state index contributed by atoms with van der Waals surface area (Å²) in [6.07, 6.45) is 2.49. The van der Waals surface area contributed by atoms with Crippen molar-refractivity contribution in [2.75, 3.05) is 20.7 Å². The van der Waals surface area contributed by atoms with Gasteiger partial charge in [-0.15, -0.1) is 0 Å². The van der Waals surface area contributed by atoms with Crippen molar-refractivity contribution in [2.24, 2.45) is 0 Å². The second-order valence-corrected chi connectivity index (χ2v) is 8.00. The molecule has 5 nitrogen and oxygen atoms in total. The first-order valence-electron chi connectivity index (χ1n) is 9.48. The van der Waals surface area contributed by atoms with Crippen LogP contribution in [-0.4, -0.2) is 46.0 Å². The zero-order chi connectivity index (χ0) is 20.5. The van der Waals surface area contributed by atoms with Crippen LogP contribution in [0.15, 0.2) is 42.5 Å². The molecule has 1 saturated carbocycles. The van der Waals surface area contributed by atoms with Gasteiger partial charge in [0.05, 0.1) is 24.9 Å². The van der Waals surface area contributed by atoms with Gasteiger partial charge in [0.1, 0.15) is 11.6 Å². The van der Waals surface area contributed by atoms with Gasteiger partial charge in [0.2, 0.25) is 4.77 Å². The minimum absolute atomic E-state index is 0.364. The Bertz CT molecular complexity index is 1080. The molecule has 1 aliphatic rings. The molecule has 2 aromatic carbocycles. The van der Waals surface area contributed by atoms with Crippen molar-refractivity contribution < 1.29 is 9.13 Å². The van der Waals surface area contributed by atoms with Crippen molar-refractivity contribution in [3.63, 3.8) is 0 Å². The number of rotatable bonds is 7. The van der Waals surface area contributed by atoms with Crippen LogP contribution in [-0.2, 0) is 6.54 Å². The van der Waals surface area contributed by atoms with Crippen LogP contribution in [0, 0.1) is 10.6 Å². The van der Waals surface area contributed by atoms with Crippen LogP contribution in [0.3, 0.4) is 0 Å². The third kappa shape index (κ3) is 4.22. The van der Waals surface area contributed by atoms with Crippen molar-refractivity contribution in [1.29, 1.82) is 0 Å². The quantitative estimate of drug-likeness (QED) is 0.494. The average Bonchev–Trinajstić information content (AvgIpc) is 3.51. The molecule has 152 valence electrons. The van der Waals surface area contributed by atoms with E-state index in [4.69, 9.17) is 33.7 Å². The molecule has 0 aliphatic heterocycles. The fourth-order valence-corrected chi connectivity index (χ4v) is 3.81. The van der Waals surface area contributed by atoms with Gasteiger partial charge in [-0.25, -0.2) is 9.07 Å². The van der Waals surface area contributed by atoms with Gasteiger partial charge in [0.25, 0.3) is 0 Å². The average molecular weight is 433 g/mol. The SMILES string of the molecule is COc1ccc(F)cc1-c1nn(CCN(C)C2CC2)c(=S)n1-c1ccc(Cl)cc1. The molecule has 0 bridgehead atoms. The Morgan fingerprint density at radius 3 is 2.62 bits per heavy atom. The lowest BCUT2D eigenvalue weighted by molar-refractivity contribution is 0.302. The van der Waals surface area contributed by atoms with E-state index >= 15 is 0 Å². The maximum atomic E-state index is 14.1. The van der Waals surface area contributed by atoms with E-state index in [0.29, 0.717) is 39.5 Å². The molecule has 0 amide bonds. The number of hydrogen-bond acceptors (Lipinski definition) is 4. The molecule has 8 heteroatoms. The Kier molecular flexibility index (Phi) is 5.72. The minimum Gasteiger partial charge on any atom is -0.496 e. The van der Waals surface area contributed by atoms with E-state index < -0.39 is 0 Å². The Morgan fingerprint density at radius 2 is 1.97 bits per heavy atom. The maximum absolute atomic E-state index is 14.1. The van der Waals surface area contributed by atoms with E-state index in [1.165, 1.54) is 25.0 Å². The van der Waals surface area contributed by atoms with Crippen molar-refractivity contribution in [3.05, 3.63) is 58.1 Å². The van der Waals surface area contributed by atoms with Gasteiger partial charge >= 0.3 is 0 Å². The summed E-state index contributed by atoms with van der Waals surface area (Å²) in [7, 11) is 3.67. The van der Waals surface area contributed by atoms with Gasteiger partial charge in [-0.3, -0.25) is 4.57 Å². The Balaban J connectivity index is 1.82. The molecule has 1 heterocycles. The Labute approximate surface area is 179 Å². The highest BCUT2D eigenvalue weighted by Gasteiger charge is 2.26. The molecule has 3 aromatic rings. The van der Waals surface area contributed by atoms with Gasteiger partial charge in [-0.1, -0.05) is 11.6 Å². The summed E-state index contributed by atoms with van der Waals surface area (Å²) in [6, 6.07) is 12.4. The highest BCUT2D eigenvalue weighted by atomic mass is 35.5. The Hall–Kier alpha value is -2.22. The van der Waals surface area contributed by atoms with Gasteiger partial charge in [-0.05, 0) is 74.6 Å². The van der Waals surface area contributed by atoms with Crippen LogP contribution in [0.25, 0.3) is 17.1 Å². The van der Waals surface area contributed by atoms with E-state index in [9.17, 15) is 4.39 Å². The topological polar surface area (TPSA) is 35.2 Å². The third-order valence-corrected chi connectivity index (χ3v) is 5.81. The first-order chi connectivity index (χ1) is 14.0. The molecule has 0 radical (unpaired) electrons. The predicted molar refractivity (Wildman–Crippen MR) is 115 cm³/mol. The fraction of sp³-hybridized carbons (Fsp3) is 0.333. The van der Waals surface area contributed by atoms with E-state index in [1.807, 2.05) is 16.7 Å². The largest absolute Gasteiger partial charge is 0.496 e. The number of likely N-dealkylation sites (N-methyl/N-ethyl adjacent to an activating group) is 1. The summed E-state index contributed by atoms with van der Waals surface area (Å²) < 4.78 is 23.7. The number of ether oxygens (including phenoxy) is 1. The van der Waals surface area contributed by atoms with E-state index in [2.05, 4.69) is 11.9 Å². The Morgan fingerprint density at radius 1 is 1.24 bits per heavy atom. The van der Waals surface area contributed by atoms with Crippen LogP contribution >= 0.6 is 23.8 Å². The van der Waals surface area contributed by atoms with Gasteiger partial charge in [-0.2, -0.15) is 5.10 Å². The summed E-state index contributed by atoms with van der Waals surface area (Å²) in [5, 5.41) is 5.38. The predicted octanol–water partition coefficient (Wildman–Crippen LogP) is 4.97. The highest BCUT2D eigenvalue weighted by molar-refractivity contribution is 7.71. The lowest BCUT2D eigenvalue weighted by atomic mass is 10.1. The van der Waals surface area contributed by atoms with Crippen molar-refractivity contribution in [3.8, 4) is 22.8 Å². The van der Waals surface area contributed by atoms with Gasteiger partial charge in [0.15, 0.2) is 5.82 Å². The lowest BCUT2D eigenvalue weighted by Gasteiger charge is -2.14. The molecule has 1 aliphatic carbocycles. The summed E-state index contributed by atoms with van der Waals surface area (Å²) in [4.78, 5) is 2.32. The van der Waals surface area contributed by atoms with E-state index in [1.54, 1.807) is 30.0 Å². The number of methoxy groups -OCH3 is 1. The van der Waals surface area contributed by atoms with Crippen LogP contribution in [0.4, 0.5) is 4.39 Å². The molecule has 0 atom stereocenters. The smallest absolute Gasteiger partial charge is 0.202 e. The number of nitrogens with zero attached hydrogens (tertiary/aromatic N) is 4. The molecular formula is C21H22ClFN4OS. The zero-order valence-corrected chi connectivity index (χ0v) is 17.9. The molecule has 0 spiro atoms. The van der Waals surface area contributed by atoms with Gasteiger partial charge < -0.3 is 9.64 Å². The number of aromatic nitrogens is 3. The summed E-state index contributed by atoms with van der Waals surface area (Å²) in [5.74, 6) is 0.698. The lowest BCUT2D eigenvalue weighted by Crippen LogP contribution is -2.25. The molecule has 29 heavy (non-hydrogen) atoms. The van der Waals surface area contributed by atoms with E-state index in [0.717, 1.165) is 12.2 Å². The standard InChI is InChI=1S/C21H22ClFN4OS/c1-25(16-8-9-16)11-12-26-21(29)27(17-6-3-14(22)4-7-17)20(24-26)18-13-15(23)5-10-19(18)28-2/h3-7,10,13,16H,8-9,11-12H2,1-2H3. The molecule has 0 N–H and O–H groups in total. The summed E-state index contributed by atoms with van der Waals surface area (Å²) >= 11 is 11.8. The van der Waals surface area contributed by atoms with Crippen molar-refractivity contribution >= 4 is 23.8 Å². The summed E-state index contributed by atoms with van der Waals surface area (Å²) in [5.41, 5.74) is 1.35. The van der Waals surface area contributed by atoms with Crippen LogP contribution in [0.5, 0.6) is 5.75 Å². The minimum atomic E-state index is -0.364. The molecule has 1 aromatic heterocycles. The number of halogens is 2. The second kappa shape index (κ2) is 8.26. The highest BCUT2D eigenvalue weighted by Crippen LogP contribution is 2.32. The normalized spacial score (nSPS) is 13.8. The molecule has 0 saturated heterocycles. The first-order valence-corrected chi connectivity index (χ1v) is 10.3. The van der Waals surface area contributed by atoms with Crippen LogP contribution in [0.1, 0.15) is 12.8 Å². The van der Waals surface area contributed by atoms with Crippen LogP contribution < -0.4 is 4.74 Å². The number of benzene rings is 2. The monoisotopic (exact) mass is 432 g/mol. The van der Waals surface area contributed by atoms with E-state index in [-0.39, 0.29) is 5.82 Å². The van der Waals surface area contributed by atoms with Crippen LogP contribution in [0.2, 0.25) is 5.02 Å². The molecule has 0 unspecified atom stereocenters. The van der Waals surface area contributed by atoms with Crippen molar-refractivity contribution in [2.45, 2.75) is 25.4 Å². The molecular weight excluding hydrogens is 411 g/mol. The third-order valence-electron chi connectivity index (χ3n) is 5.16. The zero-order valence-electron chi connectivity index (χ0n) is 16.3. The van der Waals surface area contributed by atoms with Crippen molar-refractivity contribution in [1.82, 2.24) is 19.2 Å². The number of hydrogen-bond donors (Lipinski definition) is 0. The molecule has 1 fully saturated rings.